The van der Waals surface area contributed by atoms with Gasteiger partial charge in [-0.15, -0.1) is 0 Å². The van der Waals surface area contributed by atoms with E-state index in [4.69, 9.17) is 4.74 Å². The van der Waals surface area contributed by atoms with Crippen LogP contribution in [0.25, 0.3) is 0 Å². The fourth-order valence-electron chi connectivity index (χ4n) is 1.93. The van der Waals surface area contributed by atoms with E-state index < -0.39 is 4.92 Å². The molecule has 1 aliphatic heterocycles. The largest absolute Gasteiger partial charge is 0.377 e. The number of aromatic nitrogens is 1. The lowest BCUT2D eigenvalue weighted by Crippen LogP contribution is -2.29. The lowest BCUT2D eigenvalue weighted by atomic mass is 10.1. The van der Waals surface area contributed by atoms with Gasteiger partial charge in [-0.1, -0.05) is 0 Å². The van der Waals surface area contributed by atoms with E-state index in [1.807, 2.05) is 6.92 Å². The van der Waals surface area contributed by atoms with Gasteiger partial charge in [0.15, 0.2) is 6.20 Å². The molecule has 0 saturated carbocycles. The maximum absolute atomic E-state index is 10.4. The third kappa shape index (κ3) is 2.91. The maximum atomic E-state index is 10.4. The van der Waals surface area contributed by atoms with E-state index in [-0.39, 0.29) is 18.0 Å². The van der Waals surface area contributed by atoms with E-state index in [9.17, 15) is 10.1 Å². The standard InChI is InChI=1S/C11H15N3O3/c1-8(10-3-2-6-17-10)13-9-4-5-11(12-7-9)14(15)16/h4-5,7-8,10,13H,2-3,6H2,1H3. The number of anilines is 1. The Balaban J connectivity index is 1.96. The van der Waals surface area contributed by atoms with Gasteiger partial charge in [-0.2, -0.15) is 0 Å². The molecule has 6 nitrogen and oxygen atoms in total. The van der Waals surface area contributed by atoms with Crippen LogP contribution in [-0.2, 0) is 4.74 Å². The van der Waals surface area contributed by atoms with E-state index >= 15 is 0 Å². The fourth-order valence-corrected chi connectivity index (χ4v) is 1.93. The molecule has 1 aromatic heterocycles. The molecular formula is C11H15N3O3. The summed E-state index contributed by atoms with van der Waals surface area (Å²) in [6.45, 7) is 2.85. The van der Waals surface area contributed by atoms with Crippen molar-refractivity contribution in [3.05, 3.63) is 28.4 Å². The second kappa shape index (κ2) is 5.09. The van der Waals surface area contributed by atoms with Gasteiger partial charge in [-0.25, -0.2) is 0 Å². The van der Waals surface area contributed by atoms with Crippen LogP contribution in [0.2, 0.25) is 0 Å². The Bertz CT molecular complexity index is 387. The van der Waals surface area contributed by atoms with E-state index in [2.05, 4.69) is 10.3 Å². The summed E-state index contributed by atoms with van der Waals surface area (Å²) in [6, 6.07) is 3.24. The summed E-state index contributed by atoms with van der Waals surface area (Å²) >= 11 is 0. The molecule has 0 aromatic carbocycles. The zero-order valence-electron chi connectivity index (χ0n) is 9.63. The van der Waals surface area contributed by atoms with Crippen molar-refractivity contribution < 1.29 is 9.66 Å². The van der Waals surface area contributed by atoms with Gasteiger partial charge in [0.2, 0.25) is 0 Å². The Hall–Kier alpha value is -1.69. The average molecular weight is 237 g/mol. The number of nitrogens with zero attached hydrogens (tertiary/aromatic N) is 2. The van der Waals surface area contributed by atoms with Gasteiger partial charge in [-0.3, -0.25) is 0 Å². The van der Waals surface area contributed by atoms with Crippen LogP contribution in [0.4, 0.5) is 11.5 Å². The van der Waals surface area contributed by atoms with Gasteiger partial charge in [0, 0.05) is 18.7 Å². The minimum Gasteiger partial charge on any atom is -0.377 e. The molecule has 0 amide bonds. The smallest absolute Gasteiger partial charge is 0.363 e. The number of ether oxygens (including phenoxy) is 1. The number of rotatable bonds is 4. The summed E-state index contributed by atoms with van der Waals surface area (Å²) in [4.78, 5) is 13.7. The normalized spacial score (nSPS) is 21.1. The highest BCUT2D eigenvalue weighted by atomic mass is 16.6. The molecule has 2 rings (SSSR count). The van der Waals surface area contributed by atoms with Crippen molar-refractivity contribution >= 4 is 11.5 Å². The Labute approximate surface area is 99.2 Å². The first-order chi connectivity index (χ1) is 8.16. The van der Waals surface area contributed by atoms with E-state index in [0.717, 1.165) is 25.1 Å². The van der Waals surface area contributed by atoms with Crippen LogP contribution in [0.1, 0.15) is 19.8 Å². The van der Waals surface area contributed by atoms with Crippen molar-refractivity contribution in [2.24, 2.45) is 0 Å². The highest BCUT2D eigenvalue weighted by Gasteiger charge is 2.22. The van der Waals surface area contributed by atoms with Crippen LogP contribution < -0.4 is 5.32 Å². The lowest BCUT2D eigenvalue weighted by Gasteiger charge is -2.20. The van der Waals surface area contributed by atoms with Gasteiger partial charge in [0.05, 0.1) is 11.8 Å². The molecule has 1 fully saturated rings. The number of nitrogens with one attached hydrogen (secondary N) is 1. The van der Waals surface area contributed by atoms with Gasteiger partial charge >= 0.3 is 5.82 Å². The highest BCUT2D eigenvalue weighted by Crippen LogP contribution is 2.19. The molecule has 1 N–H and O–H groups in total. The van der Waals surface area contributed by atoms with Crippen molar-refractivity contribution in [1.82, 2.24) is 4.98 Å². The molecule has 0 spiro atoms. The fraction of sp³-hybridized carbons (Fsp3) is 0.545. The summed E-state index contributed by atoms with van der Waals surface area (Å²) in [5, 5.41) is 13.7. The Morgan fingerprint density at radius 3 is 3.00 bits per heavy atom. The first-order valence-electron chi connectivity index (χ1n) is 5.65. The summed E-state index contributed by atoms with van der Waals surface area (Å²) in [6.07, 6.45) is 3.83. The third-order valence-corrected chi connectivity index (χ3v) is 2.85. The zero-order chi connectivity index (χ0) is 12.3. The summed E-state index contributed by atoms with van der Waals surface area (Å²) in [5.74, 6) is -0.139. The van der Waals surface area contributed by atoms with Crippen molar-refractivity contribution in [3.8, 4) is 0 Å². The minimum atomic E-state index is -0.507. The van der Waals surface area contributed by atoms with Crippen molar-refractivity contribution in [2.45, 2.75) is 31.9 Å². The predicted octanol–water partition coefficient (Wildman–Crippen LogP) is 1.97. The summed E-state index contributed by atoms with van der Waals surface area (Å²) in [7, 11) is 0. The average Bonchev–Trinajstić information content (AvgIpc) is 2.83. The minimum absolute atomic E-state index is 0.139. The second-order valence-corrected chi connectivity index (χ2v) is 4.15. The summed E-state index contributed by atoms with van der Waals surface area (Å²) < 4.78 is 5.56. The molecule has 1 aliphatic rings. The Morgan fingerprint density at radius 2 is 2.47 bits per heavy atom. The van der Waals surface area contributed by atoms with Crippen LogP contribution in [0.3, 0.4) is 0 Å². The van der Waals surface area contributed by atoms with E-state index in [1.165, 1.54) is 12.3 Å². The van der Waals surface area contributed by atoms with Gasteiger partial charge < -0.3 is 20.2 Å². The van der Waals surface area contributed by atoms with Crippen molar-refractivity contribution in [1.29, 1.82) is 0 Å². The Morgan fingerprint density at radius 1 is 1.65 bits per heavy atom. The highest BCUT2D eigenvalue weighted by molar-refractivity contribution is 5.44. The number of pyridine rings is 1. The number of hydrogen-bond donors (Lipinski definition) is 1. The van der Waals surface area contributed by atoms with Crippen molar-refractivity contribution in [3.63, 3.8) is 0 Å². The van der Waals surface area contributed by atoms with Gasteiger partial charge in [-0.05, 0) is 35.7 Å². The SMILES string of the molecule is CC(Nc1ccc([N+](=O)[O-])nc1)C1CCCO1. The first kappa shape index (κ1) is 11.8. The predicted molar refractivity (Wildman–Crippen MR) is 63.0 cm³/mol. The van der Waals surface area contributed by atoms with Crippen molar-refractivity contribution in [2.75, 3.05) is 11.9 Å². The molecule has 0 bridgehead atoms. The molecule has 1 aromatic rings. The monoisotopic (exact) mass is 237 g/mol. The van der Waals surface area contributed by atoms with Crippen LogP contribution in [0.5, 0.6) is 0 Å². The van der Waals surface area contributed by atoms with E-state index in [1.54, 1.807) is 6.07 Å². The molecule has 2 atom stereocenters. The third-order valence-electron chi connectivity index (χ3n) is 2.85. The zero-order valence-corrected chi connectivity index (χ0v) is 9.63. The molecule has 6 heteroatoms. The number of nitro groups is 1. The molecular weight excluding hydrogens is 222 g/mol. The second-order valence-electron chi connectivity index (χ2n) is 4.15. The quantitative estimate of drug-likeness (QED) is 0.639. The van der Waals surface area contributed by atoms with Gasteiger partial charge in [0.25, 0.3) is 0 Å². The number of hydrogen-bond acceptors (Lipinski definition) is 5. The van der Waals surface area contributed by atoms with Crippen LogP contribution in [0, 0.1) is 10.1 Å². The van der Waals surface area contributed by atoms with Crippen LogP contribution >= 0.6 is 0 Å². The Kier molecular flexibility index (Phi) is 3.53. The molecule has 0 radical (unpaired) electrons. The lowest BCUT2D eigenvalue weighted by molar-refractivity contribution is -0.389. The maximum Gasteiger partial charge on any atom is 0.363 e. The van der Waals surface area contributed by atoms with Crippen LogP contribution in [-0.4, -0.2) is 28.7 Å². The molecule has 92 valence electrons. The molecule has 17 heavy (non-hydrogen) atoms. The topological polar surface area (TPSA) is 77.3 Å². The van der Waals surface area contributed by atoms with Crippen LogP contribution in [0.15, 0.2) is 18.3 Å². The van der Waals surface area contributed by atoms with E-state index in [0.29, 0.717) is 0 Å². The molecule has 0 aliphatic carbocycles. The molecule has 1 saturated heterocycles. The van der Waals surface area contributed by atoms with Gasteiger partial charge in [0.1, 0.15) is 0 Å². The molecule has 2 heterocycles. The first-order valence-corrected chi connectivity index (χ1v) is 5.65. The summed E-state index contributed by atoms with van der Waals surface area (Å²) in [5.41, 5.74) is 0.776. The molecule has 2 unspecified atom stereocenters.